The van der Waals surface area contributed by atoms with Gasteiger partial charge in [-0.05, 0) is 36.8 Å². The van der Waals surface area contributed by atoms with Crippen LogP contribution in [0.1, 0.15) is 55.6 Å². The number of aliphatic imine (C=N–C) groups is 1. The number of hydrogen-bond donors (Lipinski definition) is 0. The van der Waals surface area contributed by atoms with Gasteiger partial charge in [-0.3, -0.25) is 14.6 Å². The summed E-state index contributed by atoms with van der Waals surface area (Å²) in [5.74, 6) is 2.05. The lowest BCUT2D eigenvalue weighted by Gasteiger charge is -2.38. The first-order valence-corrected chi connectivity index (χ1v) is 13.0. The van der Waals surface area contributed by atoms with Crippen molar-refractivity contribution in [3.05, 3.63) is 35.2 Å². The third kappa shape index (κ3) is 5.18. The Balaban J connectivity index is 1.14. The highest BCUT2D eigenvalue weighted by Crippen LogP contribution is 2.28. The second kappa shape index (κ2) is 10.5. The van der Waals surface area contributed by atoms with Gasteiger partial charge in [0.25, 0.3) is 0 Å². The molecule has 34 heavy (non-hydrogen) atoms. The zero-order valence-electron chi connectivity index (χ0n) is 20.7. The number of aromatic nitrogens is 2. The average Bonchev–Trinajstić information content (AvgIpc) is 3.33. The number of amides is 1. The minimum absolute atomic E-state index is 0.0630. The summed E-state index contributed by atoms with van der Waals surface area (Å²) in [4.78, 5) is 34.0. The van der Waals surface area contributed by atoms with Gasteiger partial charge >= 0.3 is 0 Å². The van der Waals surface area contributed by atoms with Crippen LogP contribution in [0.15, 0.2) is 23.1 Å². The molecule has 2 unspecified atom stereocenters. The van der Waals surface area contributed by atoms with Crippen molar-refractivity contribution < 1.29 is 9.53 Å². The van der Waals surface area contributed by atoms with Gasteiger partial charge in [-0.2, -0.15) is 0 Å². The van der Waals surface area contributed by atoms with Gasteiger partial charge in [0.1, 0.15) is 5.82 Å². The summed E-state index contributed by atoms with van der Waals surface area (Å²) in [6, 6.07) is 0.758. The quantitative estimate of drug-likeness (QED) is 0.663. The first kappa shape index (κ1) is 23.4. The summed E-state index contributed by atoms with van der Waals surface area (Å²) in [5.41, 5.74) is 2.32. The Kier molecular flexibility index (Phi) is 7.25. The highest BCUT2D eigenvalue weighted by molar-refractivity contribution is 5.78. The lowest BCUT2D eigenvalue weighted by atomic mass is 9.92. The van der Waals surface area contributed by atoms with Gasteiger partial charge in [-0.25, -0.2) is 15.0 Å². The van der Waals surface area contributed by atoms with E-state index in [1.807, 2.05) is 18.5 Å². The summed E-state index contributed by atoms with van der Waals surface area (Å²) < 4.78 is 5.25. The summed E-state index contributed by atoms with van der Waals surface area (Å²) >= 11 is 0. The molecule has 3 aliphatic heterocycles. The maximum absolute atomic E-state index is 13.0. The molecule has 1 aromatic heterocycles. The highest BCUT2D eigenvalue weighted by atomic mass is 16.5. The highest BCUT2D eigenvalue weighted by Gasteiger charge is 2.29. The summed E-state index contributed by atoms with van der Waals surface area (Å²) in [6.07, 6.45) is 13.1. The van der Waals surface area contributed by atoms with Gasteiger partial charge in [0.05, 0.1) is 19.6 Å². The fourth-order valence-corrected chi connectivity index (χ4v) is 5.84. The minimum Gasteiger partial charge on any atom is -0.481 e. The fourth-order valence-electron chi connectivity index (χ4n) is 5.84. The number of nitrogens with zero attached hydrogens (tertiary/aromatic N) is 6. The molecule has 8 nitrogen and oxygen atoms in total. The largest absolute Gasteiger partial charge is 0.481 e. The van der Waals surface area contributed by atoms with Gasteiger partial charge in [0.2, 0.25) is 11.8 Å². The number of methoxy groups -OCH3 is 1. The Morgan fingerprint density at radius 3 is 2.59 bits per heavy atom. The molecular formula is C26H38N6O2. The first-order chi connectivity index (χ1) is 16.6. The van der Waals surface area contributed by atoms with Crippen molar-refractivity contribution in [2.24, 2.45) is 10.9 Å². The van der Waals surface area contributed by atoms with E-state index in [1.54, 1.807) is 7.11 Å². The monoisotopic (exact) mass is 466 g/mol. The van der Waals surface area contributed by atoms with E-state index in [4.69, 9.17) is 9.72 Å². The van der Waals surface area contributed by atoms with Crippen LogP contribution in [0.3, 0.4) is 0 Å². The third-order valence-corrected chi connectivity index (χ3v) is 8.04. The molecule has 0 bridgehead atoms. The van der Waals surface area contributed by atoms with Crippen LogP contribution < -0.4 is 0 Å². The Morgan fingerprint density at radius 1 is 1.09 bits per heavy atom. The van der Waals surface area contributed by atoms with Crippen molar-refractivity contribution in [1.82, 2.24) is 24.7 Å². The number of piperazine rings is 1. The fraction of sp³-hybridized carbons (Fsp3) is 0.692. The molecule has 1 aliphatic carbocycles. The molecule has 4 heterocycles. The lowest BCUT2D eigenvalue weighted by molar-refractivity contribution is -0.134. The van der Waals surface area contributed by atoms with Gasteiger partial charge in [0, 0.05) is 69.8 Å². The van der Waals surface area contributed by atoms with E-state index in [-0.39, 0.29) is 17.7 Å². The third-order valence-electron chi connectivity index (χ3n) is 8.04. The molecule has 0 N–H and O–H groups in total. The average molecular weight is 467 g/mol. The van der Waals surface area contributed by atoms with Crippen LogP contribution >= 0.6 is 0 Å². The molecule has 8 heteroatoms. The molecule has 1 amide bonds. The van der Waals surface area contributed by atoms with E-state index < -0.39 is 0 Å². The normalized spacial score (nSPS) is 26.8. The van der Waals surface area contributed by atoms with Crippen LogP contribution in [0.25, 0.3) is 0 Å². The predicted molar refractivity (Wildman–Crippen MR) is 132 cm³/mol. The van der Waals surface area contributed by atoms with Crippen LogP contribution in [0, 0.1) is 5.92 Å². The van der Waals surface area contributed by atoms with Crippen LogP contribution in [-0.4, -0.2) is 95.8 Å². The maximum Gasteiger partial charge on any atom is 0.236 e. The van der Waals surface area contributed by atoms with Crippen molar-refractivity contribution in [3.63, 3.8) is 0 Å². The molecule has 1 saturated carbocycles. The van der Waals surface area contributed by atoms with Crippen LogP contribution in [0.5, 0.6) is 0 Å². The van der Waals surface area contributed by atoms with Crippen molar-refractivity contribution in [2.75, 3.05) is 52.9 Å². The van der Waals surface area contributed by atoms with E-state index in [1.165, 1.54) is 31.2 Å². The van der Waals surface area contributed by atoms with Crippen LogP contribution in [0.2, 0.25) is 0 Å². The zero-order chi connectivity index (χ0) is 23.5. The van der Waals surface area contributed by atoms with Crippen molar-refractivity contribution in [1.29, 1.82) is 0 Å². The molecule has 2 fully saturated rings. The van der Waals surface area contributed by atoms with Gasteiger partial charge in [0.15, 0.2) is 0 Å². The maximum atomic E-state index is 13.0. The molecule has 2 atom stereocenters. The predicted octanol–water partition coefficient (Wildman–Crippen LogP) is 2.26. The number of rotatable bonds is 5. The van der Waals surface area contributed by atoms with E-state index in [2.05, 4.69) is 31.6 Å². The number of allylic oxidation sites excluding steroid dienone is 1. The molecule has 4 aliphatic rings. The zero-order valence-corrected chi connectivity index (χ0v) is 20.7. The van der Waals surface area contributed by atoms with Crippen LogP contribution in [0.4, 0.5) is 0 Å². The van der Waals surface area contributed by atoms with E-state index in [9.17, 15) is 4.79 Å². The van der Waals surface area contributed by atoms with E-state index in [0.29, 0.717) is 12.4 Å². The number of ether oxygens (including phenoxy) is 1. The molecule has 0 spiro atoms. The molecular weight excluding hydrogens is 428 g/mol. The molecule has 0 aromatic carbocycles. The van der Waals surface area contributed by atoms with E-state index in [0.717, 1.165) is 69.7 Å². The molecule has 0 radical (unpaired) electrons. The van der Waals surface area contributed by atoms with Gasteiger partial charge in [-0.1, -0.05) is 19.8 Å². The van der Waals surface area contributed by atoms with Crippen molar-refractivity contribution in [2.45, 2.75) is 57.4 Å². The van der Waals surface area contributed by atoms with Gasteiger partial charge in [-0.15, -0.1) is 0 Å². The number of carbonyl (C=O) groups is 1. The molecule has 5 rings (SSSR count). The molecule has 1 saturated heterocycles. The minimum atomic E-state index is 0.0630. The van der Waals surface area contributed by atoms with Gasteiger partial charge < -0.3 is 9.64 Å². The lowest BCUT2D eigenvalue weighted by Crippen LogP contribution is -2.53. The first-order valence-electron chi connectivity index (χ1n) is 13.0. The topological polar surface area (TPSA) is 74.2 Å². The van der Waals surface area contributed by atoms with Crippen LogP contribution in [-0.2, 0) is 22.4 Å². The SMILES string of the molecule is COC1=CC(C)C(c2ncc3c(n2)CCN(CC(=O)N2CCN(C4CCCC4)CC2)CC3)C=N1. The molecule has 1 aromatic rings. The number of carbonyl (C=O) groups excluding carboxylic acids is 1. The second-order valence-electron chi connectivity index (χ2n) is 10.2. The number of hydrogen-bond acceptors (Lipinski definition) is 7. The van der Waals surface area contributed by atoms with Crippen molar-refractivity contribution >= 4 is 12.1 Å². The Bertz CT molecular complexity index is 933. The second-order valence-corrected chi connectivity index (χ2v) is 10.2. The Labute approximate surface area is 203 Å². The Hall–Kier alpha value is -2.32. The van der Waals surface area contributed by atoms with E-state index >= 15 is 0 Å². The standard InChI is InChI=1S/C26H38N6O2/c1-19-15-24(34-2)27-17-22(19)26-28-16-20-7-9-30(10-8-23(20)29-26)18-25(33)32-13-11-31(12-14-32)21-5-3-4-6-21/h15-17,19,21-22H,3-14,18H2,1-2H3. The Morgan fingerprint density at radius 2 is 1.85 bits per heavy atom. The summed E-state index contributed by atoms with van der Waals surface area (Å²) in [7, 11) is 1.64. The smallest absolute Gasteiger partial charge is 0.236 e. The molecule has 184 valence electrons. The number of fused-ring (bicyclic) bond motifs is 1. The van der Waals surface area contributed by atoms with Crippen molar-refractivity contribution in [3.8, 4) is 0 Å². The summed E-state index contributed by atoms with van der Waals surface area (Å²) in [5, 5.41) is 0. The summed E-state index contributed by atoms with van der Waals surface area (Å²) in [6.45, 7) is 8.20.